The van der Waals surface area contributed by atoms with Gasteiger partial charge in [-0.3, -0.25) is 24.6 Å². The number of hydrogen-bond acceptors (Lipinski definition) is 6. The molecule has 0 unspecified atom stereocenters. The normalized spacial score (nSPS) is 15.0. The first-order valence-corrected chi connectivity index (χ1v) is 10.5. The van der Waals surface area contributed by atoms with E-state index in [4.69, 9.17) is 12.2 Å². The molecule has 0 atom stereocenters. The number of carbonyl (C=O) groups is 2. The van der Waals surface area contributed by atoms with Gasteiger partial charge in [0, 0.05) is 30.8 Å². The number of non-ortho nitro benzene ring substituents is 1. The van der Waals surface area contributed by atoms with Gasteiger partial charge in [0.15, 0.2) is 0 Å². The number of benzene rings is 2. The third-order valence-electron chi connectivity index (χ3n) is 4.48. The molecular formula is C21H19N3O4S2. The molecule has 0 bridgehead atoms. The zero-order valence-electron chi connectivity index (χ0n) is 16.2. The van der Waals surface area contributed by atoms with Gasteiger partial charge in [0.05, 0.1) is 9.83 Å². The Morgan fingerprint density at radius 3 is 2.47 bits per heavy atom. The van der Waals surface area contributed by atoms with Crippen LogP contribution in [0, 0.1) is 10.1 Å². The highest BCUT2D eigenvalue weighted by Crippen LogP contribution is 2.32. The lowest BCUT2D eigenvalue weighted by molar-refractivity contribution is -0.384. The number of carbonyl (C=O) groups excluding carboxylic acids is 2. The number of anilines is 1. The molecule has 3 rings (SSSR count). The summed E-state index contributed by atoms with van der Waals surface area (Å²) in [4.78, 5) is 37.0. The average Bonchev–Trinajstić information content (AvgIpc) is 3.00. The molecule has 0 radical (unpaired) electrons. The average molecular weight is 442 g/mol. The lowest BCUT2D eigenvalue weighted by Gasteiger charge is -2.14. The summed E-state index contributed by atoms with van der Waals surface area (Å²) in [6.07, 6.45) is 2.81. The van der Waals surface area contributed by atoms with Crippen LogP contribution < -0.4 is 5.32 Å². The molecule has 1 heterocycles. The van der Waals surface area contributed by atoms with Gasteiger partial charge in [-0.05, 0) is 35.8 Å². The number of thioether (sulfide) groups is 1. The van der Waals surface area contributed by atoms with Crippen LogP contribution in [0.2, 0.25) is 0 Å². The zero-order valence-corrected chi connectivity index (χ0v) is 17.8. The first kappa shape index (κ1) is 21.7. The van der Waals surface area contributed by atoms with Gasteiger partial charge >= 0.3 is 0 Å². The van der Waals surface area contributed by atoms with Crippen molar-refractivity contribution in [1.82, 2.24) is 4.90 Å². The molecule has 2 amide bonds. The standard InChI is InChI=1S/C21H19N3O4S2/c1-2-14-3-5-15(6-4-14)13-18-20(26)23(21(29)30-18)12-11-19(25)22-16-7-9-17(10-8-16)24(27)28/h3-10,13H,2,11-12H2,1H3,(H,22,25). The van der Waals surface area contributed by atoms with Crippen LogP contribution in [0.15, 0.2) is 53.4 Å². The summed E-state index contributed by atoms with van der Waals surface area (Å²) in [6, 6.07) is 13.5. The van der Waals surface area contributed by atoms with Crippen LogP contribution in [-0.4, -0.2) is 32.5 Å². The van der Waals surface area contributed by atoms with E-state index in [0.717, 1.165) is 12.0 Å². The van der Waals surface area contributed by atoms with E-state index >= 15 is 0 Å². The van der Waals surface area contributed by atoms with Crippen molar-refractivity contribution < 1.29 is 14.5 Å². The number of nitrogens with zero attached hydrogens (tertiary/aromatic N) is 2. The van der Waals surface area contributed by atoms with Crippen LogP contribution in [0.1, 0.15) is 24.5 Å². The van der Waals surface area contributed by atoms with Crippen LogP contribution in [0.4, 0.5) is 11.4 Å². The first-order valence-electron chi connectivity index (χ1n) is 9.26. The summed E-state index contributed by atoms with van der Waals surface area (Å²) in [7, 11) is 0. The van der Waals surface area contributed by atoms with Crippen molar-refractivity contribution in [3.8, 4) is 0 Å². The van der Waals surface area contributed by atoms with Gasteiger partial charge in [0.1, 0.15) is 4.32 Å². The fourth-order valence-corrected chi connectivity index (χ4v) is 4.11. The Bertz CT molecular complexity index is 1020. The van der Waals surface area contributed by atoms with E-state index in [-0.39, 0.29) is 30.5 Å². The maximum atomic E-state index is 12.7. The Labute approximate surface area is 183 Å². The number of aryl methyl sites for hydroxylation is 1. The van der Waals surface area contributed by atoms with Crippen LogP contribution in [0.5, 0.6) is 0 Å². The summed E-state index contributed by atoms with van der Waals surface area (Å²) < 4.78 is 0.416. The van der Waals surface area contributed by atoms with Crippen molar-refractivity contribution >= 4 is 57.6 Å². The number of rotatable bonds is 7. The molecule has 30 heavy (non-hydrogen) atoms. The van der Waals surface area contributed by atoms with Crippen LogP contribution >= 0.6 is 24.0 Å². The number of thiocarbonyl (C=S) groups is 1. The van der Waals surface area contributed by atoms with E-state index in [1.807, 2.05) is 24.3 Å². The molecule has 0 saturated carbocycles. The summed E-state index contributed by atoms with van der Waals surface area (Å²) in [6.45, 7) is 2.24. The molecule has 0 spiro atoms. The molecule has 2 aromatic rings. The minimum absolute atomic E-state index is 0.0540. The third kappa shape index (κ3) is 5.31. The highest BCUT2D eigenvalue weighted by atomic mass is 32.2. The van der Waals surface area contributed by atoms with E-state index in [1.165, 1.54) is 46.5 Å². The van der Waals surface area contributed by atoms with Gasteiger partial charge in [-0.2, -0.15) is 0 Å². The molecule has 0 aliphatic carbocycles. The molecule has 0 aromatic heterocycles. The van der Waals surface area contributed by atoms with Gasteiger partial charge in [-0.15, -0.1) is 0 Å². The molecular weight excluding hydrogens is 422 g/mol. The highest BCUT2D eigenvalue weighted by molar-refractivity contribution is 8.26. The summed E-state index contributed by atoms with van der Waals surface area (Å²) in [5, 5.41) is 13.3. The smallest absolute Gasteiger partial charge is 0.269 e. The molecule has 1 aliphatic rings. The monoisotopic (exact) mass is 441 g/mol. The maximum Gasteiger partial charge on any atom is 0.269 e. The second-order valence-electron chi connectivity index (χ2n) is 6.53. The lowest BCUT2D eigenvalue weighted by Crippen LogP contribution is -2.31. The molecule has 7 nitrogen and oxygen atoms in total. The topological polar surface area (TPSA) is 92.6 Å². The van der Waals surface area contributed by atoms with Crippen molar-refractivity contribution in [2.75, 3.05) is 11.9 Å². The van der Waals surface area contributed by atoms with Crippen molar-refractivity contribution in [3.63, 3.8) is 0 Å². The van der Waals surface area contributed by atoms with E-state index in [0.29, 0.717) is 14.9 Å². The predicted molar refractivity (Wildman–Crippen MR) is 122 cm³/mol. The SMILES string of the molecule is CCc1ccc(C=C2SC(=S)N(CCC(=O)Nc3ccc([N+](=O)[O-])cc3)C2=O)cc1. The van der Waals surface area contributed by atoms with Gasteiger partial charge in [-0.25, -0.2) is 0 Å². The highest BCUT2D eigenvalue weighted by Gasteiger charge is 2.32. The molecule has 9 heteroatoms. The van der Waals surface area contributed by atoms with Crippen molar-refractivity contribution in [3.05, 3.63) is 74.7 Å². The summed E-state index contributed by atoms with van der Waals surface area (Å²) in [5.41, 5.74) is 2.54. The molecule has 1 fully saturated rings. The van der Waals surface area contributed by atoms with E-state index < -0.39 is 4.92 Å². The number of hydrogen-bond donors (Lipinski definition) is 1. The zero-order chi connectivity index (χ0) is 21.7. The molecule has 1 saturated heterocycles. The Morgan fingerprint density at radius 2 is 1.87 bits per heavy atom. The maximum absolute atomic E-state index is 12.7. The molecule has 1 aliphatic heterocycles. The van der Waals surface area contributed by atoms with Gasteiger partial charge in [-0.1, -0.05) is 55.2 Å². The predicted octanol–water partition coefficient (Wildman–Crippen LogP) is 4.39. The molecule has 2 aromatic carbocycles. The molecule has 154 valence electrons. The van der Waals surface area contributed by atoms with E-state index in [2.05, 4.69) is 12.2 Å². The fraction of sp³-hybridized carbons (Fsp3) is 0.190. The van der Waals surface area contributed by atoms with Crippen LogP contribution in [-0.2, 0) is 16.0 Å². The number of nitro groups is 1. The third-order valence-corrected chi connectivity index (χ3v) is 5.86. The number of nitrogens with one attached hydrogen (secondary N) is 1. The Hall–Kier alpha value is -3.04. The van der Waals surface area contributed by atoms with Crippen LogP contribution in [0.25, 0.3) is 6.08 Å². The van der Waals surface area contributed by atoms with Gasteiger partial charge in [0.25, 0.3) is 11.6 Å². The minimum atomic E-state index is -0.507. The first-order chi connectivity index (χ1) is 14.4. The fourth-order valence-electron chi connectivity index (χ4n) is 2.80. The lowest BCUT2D eigenvalue weighted by atomic mass is 10.1. The second-order valence-corrected chi connectivity index (χ2v) is 8.21. The Balaban J connectivity index is 1.57. The minimum Gasteiger partial charge on any atom is -0.326 e. The largest absolute Gasteiger partial charge is 0.326 e. The van der Waals surface area contributed by atoms with Gasteiger partial charge < -0.3 is 5.32 Å². The summed E-state index contributed by atoms with van der Waals surface area (Å²) >= 11 is 6.52. The van der Waals surface area contributed by atoms with Gasteiger partial charge in [0.2, 0.25) is 5.91 Å². The Morgan fingerprint density at radius 1 is 1.20 bits per heavy atom. The van der Waals surface area contributed by atoms with E-state index in [9.17, 15) is 19.7 Å². The number of amides is 2. The van der Waals surface area contributed by atoms with Crippen LogP contribution in [0.3, 0.4) is 0 Å². The molecule has 1 N–H and O–H groups in total. The summed E-state index contributed by atoms with van der Waals surface area (Å²) in [5.74, 6) is -0.523. The van der Waals surface area contributed by atoms with Crippen molar-refractivity contribution in [2.24, 2.45) is 0 Å². The van der Waals surface area contributed by atoms with Crippen molar-refractivity contribution in [2.45, 2.75) is 19.8 Å². The Kier molecular flexibility index (Phi) is 6.96. The van der Waals surface area contributed by atoms with E-state index in [1.54, 1.807) is 6.08 Å². The quantitative estimate of drug-likeness (QED) is 0.297. The van der Waals surface area contributed by atoms with Crippen molar-refractivity contribution in [1.29, 1.82) is 0 Å². The number of nitro benzene ring substituents is 1. The second kappa shape index (κ2) is 9.64.